The number of rotatable bonds is 3. The minimum absolute atomic E-state index is 0.0738. The molecule has 0 radical (unpaired) electrons. The van der Waals surface area contributed by atoms with Crippen LogP contribution in [0.4, 0.5) is 0 Å². The van der Waals surface area contributed by atoms with Gasteiger partial charge in [-0.2, -0.15) is 0 Å². The molecule has 1 saturated heterocycles. The van der Waals surface area contributed by atoms with Gasteiger partial charge in [-0.25, -0.2) is 4.98 Å². The Morgan fingerprint density at radius 2 is 2.08 bits per heavy atom. The molecule has 1 aromatic carbocycles. The summed E-state index contributed by atoms with van der Waals surface area (Å²) >= 11 is 13.4. The Morgan fingerprint density at radius 1 is 1.33 bits per heavy atom. The lowest BCUT2D eigenvalue weighted by Crippen LogP contribution is -2.30. The molecule has 1 amide bonds. The summed E-state index contributed by atoms with van der Waals surface area (Å²) in [7, 11) is 0. The van der Waals surface area contributed by atoms with Gasteiger partial charge in [0, 0.05) is 29.1 Å². The highest BCUT2D eigenvalue weighted by molar-refractivity contribution is 7.13. The van der Waals surface area contributed by atoms with Crippen molar-refractivity contribution in [1.82, 2.24) is 9.88 Å². The Balaban J connectivity index is 1.81. The third-order valence-electron chi connectivity index (χ3n) is 4.10. The molecule has 5 nitrogen and oxygen atoms in total. The Bertz CT molecular complexity index is 808. The second-order valence-electron chi connectivity index (χ2n) is 5.79. The van der Waals surface area contributed by atoms with Gasteiger partial charge in [-0.15, -0.1) is 11.3 Å². The van der Waals surface area contributed by atoms with E-state index in [2.05, 4.69) is 4.98 Å². The molecule has 0 bridgehead atoms. The van der Waals surface area contributed by atoms with E-state index in [1.807, 2.05) is 6.92 Å². The molecule has 126 valence electrons. The number of amides is 1. The third-order valence-corrected chi connectivity index (χ3v) is 5.52. The first-order valence-electron chi connectivity index (χ1n) is 7.30. The molecule has 2 aromatic rings. The average Bonchev–Trinajstić information content (AvgIpc) is 3.13. The number of hydrogen-bond acceptors (Lipinski definition) is 4. The number of thiazole rings is 1. The first-order chi connectivity index (χ1) is 11.4. The Morgan fingerprint density at radius 3 is 2.71 bits per heavy atom. The van der Waals surface area contributed by atoms with Gasteiger partial charge in [0.05, 0.1) is 10.9 Å². The van der Waals surface area contributed by atoms with Gasteiger partial charge in [-0.3, -0.25) is 9.59 Å². The number of carboxylic acids is 1. The molecule has 0 spiro atoms. The summed E-state index contributed by atoms with van der Waals surface area (Å²) < 4.78 is 0. The van der Waals surface area contributed by atoms with Gasteiger partial charge >= 0.3 is 5.97 Å². The van der Waals surface area contributed by atoms with Gasteiger partial charge in [0.1, 0.15) is 10.7 Å². The third kappa shape index (κ3) is 3.27. The number of carbonyl (C=O) groups excluding carboxylic acids is 1. The van der Waals surface area contributed by atoms with E-state index in [4.69, 9.17) is 23.2 Å². The van der Waals surface area contributed by atoms with Crippen LogP contribution in [0.15, 0.2) is 23.6 Å². The number of carboxylic acid groups (broad SMARTS) is 1. The van der Waals surface area contributed by atoms with Crippen LogP contribution >= 0.6 is 34.5 Å². The standard InChI is InChI=1S/C16H14Cl2N2O3S/c1-8-5-20(6-11(8)16(22)23)15(21)13-7-24-14(19-13)10-3-2-9(17)4-12(10)18/h2-4,7-8,11H,5-6H2,1H3,(H,22,23)/t8-,11-/m1/s1. The first kappa shape index (κ1) is 17.2. The molecule has 1 fully saturated rings. The van der Waals surface area contributed by atoms with E-state index in [0.29, 0.717) is 32.9 Å². The fourth-order valence-corrected chi connectivity index (χ4v) is 4.16. The van der Waals surface area contributed by atoms with Gasteiger partial charge in [0.2, 0.25) is 0 Å². The Labute approximate surface area is 152 Å². The first-order valence-corrected chi connectivity index (χ1v) is 8.93. The summed E-state index contributed by atoms with van der Waals surface area (Å²) in [5.41, 5.74) is 1.02. The lowest BCUT2D eigenvalue weighted by atomic mass is 9.99. The number of aromatic nitrogens is 1. The van der Waals surface area contributed by atoms with Gasteiger partial charge < -0.3 is 10.0 Å². The molecule has 0 aliphatic carbocycles. The normalized spacial score (nSPS) is 20.4. The van der Waals surface area contributed by atoms with Gasteiger partial charge in [-0.05, 0) is 24.1 Å². The van der Waals surface area contributed by atoms with Crippen molar-refractivity contribution >= 4 is 46.4 Å². The zero-order valence-corrected chi connectivity index (χ0v) is 15.0. The Kier molecular flexibility index (Phi) is 4.80. The fourth-order valence-electron chi connectivity index (χ4n) is 2.77. The van der Waals surface area contributed by atoms with Crippen molar-refractivity contribution in [2.45, 2.75) is 6.92 Å². The van der Waals surface area contributed by atoms with Crippen LogP contribution in [0, 0.1) is 11.8 Å². The highest BCUT2D eigenvalue weighted by Gasteiger charge is 2.37. The molecule has 1 aliphatic heterocycles. The summed E-state index contributed by atoms with van der Waals surface area (Å²) in [6.45, 7) is 2.47. The smallest absolute Gasteiger partial charge is 0.308 e. The molecule has 2 heterocycles. The van der Waals surface area contributed by atoms with E-state index < -0.39 is 11.9 Å². The lowest BCUT2D eigenvalue weighted by Gasteiger charge is -2.14. The van der Waals surface area contributed by atoms with Crippen LogP contribution < -0.4 is 0 Å². The zero-order valence-electron chi connectivity index (χ0n) is 12.7. The zero-order chi connectivity index (χ0) is 17.4. The maximum Gasteiger partial charge on any atom is 0.308 e. The van der Waals surface area contributed by atoms with Crippen molar-refractivity contribution in [1.29, 1.82) is 0 Å². The number of halogens is 2. The number of nitrogens with zero attached hydrogens (tertiary/aromatic N) is 2. The SMILES string of the molecule is C[C@@H]1CN(C(=O)c2csc(-c3ccc(Cl)cc3Cl)n2)C[C@H]1C(=O)O. The highest BCUT2D eigenvalue weighted by atomic mass is 35.5. The second-order valence-corrected chi connectivity index (χ2v) is 7.50. The molecular formula is C16H14Cl2N2O3S. The van der Waals surface area contributed by atoms with Crippen LogP contribution in [-0.4, -0.2) is 40.0 Å². The minimum Gasteiger partial charge on any atom is -0.481 e. The van der Waals surface area contributed by atoms with E-state index in [1.165, 1.54) is 11.3 Å². The number of likely N-dealkylation sites (tertiary alicyclic amines) is 1. The highest BCUT2D eigenvalue weighted by Crippen LogP contribution is 2.33. The summed E-state index contributed by atoms with van der Waals surface area (Å²) in [5.74, 6) is -1.73. The summed E-state index contributed by atoms with van der Waals surface area (Å²) in [6, 6.07) is 5.10. The lowest BCUT2D eigenvalue weighted by molar-refractivity contribution is -0.142. The van der Waals surface area contributed by atoms with Crippen molar-refractivity contribution in [3.63, 3.8) is 0 Å². The van der Waals surface area contributed by atoms with E-state index in [-0.39, 0.29) is 18.4 Å². The number of carbonyl (C=O) groups is 2. The molecule has 1 aliphatic rings. The van der Waals surface area contributed by atoms with E-state index in [9.17, 15) is 14.7 Å². The maximum absolute atomic E-state index is 12.6. The number of benzene rings is 1. The van der Waals surface area contributed by atoms with Crippen LogP contribution in [0.3, 0.4) is 0 Å². The maximum atomic E-state index is 12.6. The summed E-state index contributed by atoms with van der Waals surface area (Å²) in [6.07, 6.45) is 0. The van der Waals surface area contributed by atoms with Crippen LogP contribution in [0.2, 0.25) is 10.0 Å². The molecule has 24 heavy (non-hydrogen) atoms. The van der Waals surface area contributed by atoms with Crippen LogP contribution in [0.5, 0.6) is 0 Å². The minimum atomic E-state index is -0.871. The Hall–Kier alpha value is -1.63. The van der Waals surface area contributed by atoms with E-state index in [0.717, 1.165) is 0 Å². The van der Waals surface area contributed by atoms with Crippen molar-refractivity contribution < 1.29 is 14.7 Å². The largest absolute Gasteiger partial charge is 0.481 e. The van der Waals surface area contributed by atoms with Crippen LogP contribution in [0.25, 0.3) is 10.6 Å². The summed E-state index contributed by atoms with van der Waals surface area (Å²) in [5, 5.41) is 12.5. The van der Waals surface area contributed by atoms with Crippen LogP contribution in [-0.2, 0) is 4.79 Å². The van der Waals surface area contributed by atoms with Crippen LogP contribution in [0.1, 0.15) is 17.4 Å². The van der Waals surface area contributed by atoms with Gasteiger partial charge in [-0.1, -0.05) is 30.1 Å². The van der Waals surface area contributed by atoms with Gasteiger partial charge in [0.25, 0.3) is 5.91 Å². The fraction of sp³-hybridized carbons (Fsp3) is 0.312. The van der Waals surface area contributed by atoms with Crippen molar-refractivity contribution in [2.24, 2.45) is 11.8 Å². The number of hydrogen-bond donors (Lipinski definition) is 1. The molecule has 0 unspecified atom stereocenters. The second kappa shape index (κ2) is 6.70. The predicted octanol–water partition coefficient (Wildman–Crippen LogP) is 3.91. The van der Waals surface area contributed by atoms with Gasteiger partial charge in [0.15, 0.2) is 0 Å². The topological polar surface area (TPSA) is 70.5 Å². The molecule has 2 atom stereocenters. The van der Waals surface area contributed by atoms with Crippen molar-refractivity contribution in [3.05, 3.63) is 39.3 Å². The molecule has 0 saturated carbocycles. The molecule has 8 heteroatoms. The average molecular weight is 385 g/mol. The molecule has 3 rings (SSSR count). The predicted molar refractivity (Wildman–Crippen MR) is 93.8 cm³/mol. The molecular weight excluding hydrogens is 371 g/mol. The van der Waals surface area contributed by atoms with E-state index in [1.54, 1.807) is 28.5 Å². The van der Waals surface area contributed by atoms with Crippen molar-refractivity contribution in [2.75, 3.05) is 13.1 Å². The molecule has 1 N–H and O–H groups in total. The molecule has 1 aromatic heterocycles. The van der Waals surface area contributed by atoms with E-state index >= 15 is 0 Å². The monoisotopic (exact) mass is 384 g/mol. The van der Waals surface area contributed by atoms with Crippen molar-refractivity contribution in [3.8, 4) is 10.6 Å². The number of aliphatic carboxylic acids is 1. The summed E-state index contributed by atoms with van der Waals surface area (Å²) in [4.78, 5) is 29.7. The quantitative estimate of drug-likeness (QED) is 0.870.